The van der Waals surface area contributed by atoms with E-state index in [1.54, 1.807) is 0 Å². The fourth-order valence-corrected chi connectivity index (χ4v) is 3.68. The number of anilines is 1. The van der Waals surface area contributed by atoms with Gasteiger partial charge >= 0.3 is 0 Å². The van der Waals surface area contributed by atoms with Crippen molar-refractivity contribution < 1.29 is 0 Å². The molecule has 0 bridgehead atoms. The van der Waals surface area contributed by atoms with Gasteiger partial charge in [0.15, 0.2) is 0 Å². The van der Waals surface area contributed by atoms with E-state index in [-0.39, 0.29) is 0 Å². The first-order valence-electron chi connectivity index (χ1n) is 9.35. The van der Waals surface area contributed by atoms with Gasteiger partial charge in [-0.15, -0.1) is 0 Å². The Morgan fingerprint density at radius 1 is 1.27 bits per heavy atom. The van der Waals surface area contributed by atoms with Crippen LogP contribution in [0.5, 0.6) is 0 Å². The van der Waals surface area contributed by atoms with Crippen LogP contribution in [-0.4, -0.2) is 30.5 Å². The lowest BCUT2D eigenvalue weighted by Gasteiger charge is -2.33. The number of nitrogens with zero attached hydrogens (tertiary/aromatic N) is 2. The van der Waals surface area contributed by atoms with Crippen LogP contribution in [-0.2, 0) is 0 Å². The van der Waals surface area contributed by atoms with Crippen LogP contribution < -0.4 is 5.32 Å². The molecular formula is C23H29N3. The van der Waals surface area contributed by atoms with Crippen molar-refractivity contribution in [1.82, 2.24) is 9.88 Å². The topological polar surface area (TPSA) is 28.2 Å². The van der Waals surface area contributed by atoms with Gasteiger partial charge in [-0.25, -0.2) is 4.98 Å². The van der Waals surface area contributed by atoms with Gasteiger partial charge in [0.2, 0.25) is 0 Å². The van der Waals surface area contributed by atoms with Crippen molar-refractivity contribution in [2.75, 3.05) is 26.0 Å². The SMILES string of the molecule is C=CC(C=C)=C/C(=C1/C(C)=C(c2ccc(NC)nc2)CCN1C)C1CC1. The van der Waals surface area contributed by atoms with Crippen LogP contribution in [0.1, 0.15) is 31.7 Å². The van der Waals surface area contributed by atoms with Gasteiger partial charge in [0.05, 0.1) is 0 Å². The summed E-state index contributed by atoms with van der Waals surface area (Å²) in [5, 5.41) is 3.09. The number of nitrogens with one attached hydrogen (secondary N) is 1. The van der Waals surface area contributed by atoms with Crippen molar-refractivity contribution in [3.63, 3.8) is 0 Å². The summed E-state index contributed by atoms with van der Waals surface area (Å²) < 4.78 is 0. The number of likely N-dealkylation sites (N-methyl/N-ethyl adjacent to an activating group) is 1. The molecule has 1 aliphatic heterocycles. The number of allylic oxidation sites excluding steroid dienone is 6. The van der Waals surface area contributed by atoms with Crippen LogP contribution in [0.4, 0.5) is 5.82 Å². The van der Waals surface area contributed by atoms with Crippen LogP contribution in [0.3, 0.4) is 0 Å². The van der Waals surface area contributed by atoms with Crippen LogP contribution in [0.2, 0.25) is 0 Å². The predicted octanol–water partition coefficient (Wildman–Crippen LogP) is 5.19. The average Bonchev–Trinajstić information content (AvgIpc) is 3.50. The molecule has 0 saturated heterocycles. The summed E-state index contributed by atoms with van der Waals surface area (Å²) in [6, 6.07) is 4.22. The number of rotatable bonds is 6. The summed E-state index contributed by atoms with van der Waals surface area (Å²) >= 11 is 0. The Balaban J connectivity index is 2.12. The van der Waals surface area contributed by atoms with E-state index in [4.69, 9.17) is 0 Å². The van der Waals surface area contributed by atoms with E-state index in [2.05, 4.69) is 54.5 Å². The maximum Gasteiger partial charge on any atom is 0.125 e. The van der Waals surface area contributed by atoms with E-state index in [1.807, 2.05) is 31.5 Å². The van der Waals surface area contributed by atoms with Gasteiger partial charge in [0.1, 0.15) is 5.82 Å². The van der Waals surface area contributed by atoms with Crippen LogP contribution in [0.25, 0.3) is 5.57 Å². The molecule has 0 radical (unpaired) electrons. The van der Waals surface area contributed by atoms with Crippen molar-refractivity contribution in [2.45, 2.75) is 26.2 Å². The van der Waals surface area contributed by atoms with Crippen molar-refractivity contribution in [2.24, 2.45) is 5.92 Å². The van der Waals surface area contributed by atoms with Gasteiger partial charge in [-0.1, -0.05) is 25.3 Å². The number of hydrogen-bond donors (Lipinski definition) is 1. The summed E-state index contributed by atoms with van der Waals surface area (Å²) in [6.45, 7) is 11.1. The molecule has 2 aliphatic rings. The lowest BCUT2D eigenvalue weighted by Crippen LogP contribution is -2.26. The Kier molecular flexibility index (Phi) is 5.46. The molecule has 26 heavy (non-hydrogen) atoms. The Bertz CT molecular complexity index is 779. The Hall–Kier alpha value is -2.55. The molecule has 1 fully saturated rings. The third-order valence-corrected chi connectivity index (χ3v) is 5.34. The molecule has 3 nitrogen and oxygen atoms in total. The quantitative estimate of drug-likeness (QED) is 0.717. The Morgan fingerprint density at radius 3 is 2.54 bits per heavy atom. The standard InChI is InChI=1S/C23H29N3/c1-6-17(7-2)14-21(18-8-9-18)23-16(3)20(12-13-26(23)5)19-10-11-22(24-4)25-15-19/h6-7,10-11,14-15,18H,1-2,8-9,12-13H2,3-5H3,(H,24,25)/b23-21+. The fraction of sp³-hybridized carbons (Fsp3) is 0.348. The van der Waals surface area contributed by atoms with Crippen molar-refractivity contribution in [3.8, 4) is 0 Å². The normalized spacial score (nSPS) is 19.1. The molecular weight excluding hydrogens is 318 g/mol. The van der Waals surface area contributed by atoms with Gasteiger partial charge in [-0.3, -0.25) is 0 Å². The molecule has 3 heteroatoms. The zero-order chi connectivity index (χ0) is 18.7. The molecule has 2 heterocycles. The van der Waals surface area contributed by atoms with Crippen molar-refractivity contribution >= 4 is 11.4 Å². The first-order chi connectivity index (χ1) is 12.6. The first-order valence-corrected chi connectivity index (χ1v) is 9.35. The van der Waals surface area contributed by atoms with Gasteiger partial charge in [-0.05, 0) is 78.2 Å². The van der Waals surface area contributed by atoms with Gasteiger partial charge in [0, 0.05) is 32.5 Å². The van der Waals surface area contributed by atoms with E-state index in [1.165, 1.54) is 40.8 Å². The largest absolute Gasteiger partial charge is 0.374 e. The lowest BCUT2D eigenvalue weighted by molar-refractivity contribution is 0.418. The number of hydrogen-bond acceptors (Lipinski definition) is 3. The second-order valence-corrected chi connectivity index (χ2v) is 7.09. The Labute approximate surface area is 157 Å². The van der Waals surface area contributed by atoms with E-state index in [9.17, 15) is 0 Å². The third kappa shape index (κ3) is 3.67. The first kappa shape index (κ1) is 18.2. The van der Waals surface area contributed by atoms with E-state index in [0.29, 0.717) is 5.92 Å². The number of pyridine rings is 1. The van der Waals surface area contributed by atoms with Crippen molar-refractivity contribution in [3.05, 3.63) is 77.7 Å². The molecule has 0 spiro atoms. The molecule has 0 aromatic carbocycles. The van der Waals surface area contributed by atoms with Crippen LogP contribution in [0.15, 0.2) is 72.1 Å². The summed E-state index contributed by atoms with van der Waals surface area (Å²) in [7, 11) is 4.10. The highest BCUT2D eigenvalue weighted by Gasteiger charge is 2.31. The zero-order valence-electron chi connectivity index (χ0n) is 16.2. The average molecular weight is 348 g/mol. The molecule has 1 aromatic rings. The number of aromatic nitrogens is 1. The molecule has 0 atom stereocenters. The van der Waals surface area contributed by atoms with E-state index in [0.717, 1.165) is 24.4 Å². The maximum absolute atomic E-state index is 4.50. The molecule has 1 aliphatic carbocycles. The highest BCUT2D eigenvalue weighted by atomic mass is 15.1. The summed E-state index contributed by atoms with van der Waals surface area (Å²) in [5.41, 5.74) is 7.87. The monoisotopic (exact) mass is 347 g/mol. The molecule has 3 rings (SSSR count). The van der Waals surface area contributed by atoms with Crippen molar-refractivity contribution in [1.29, 1.82) is 0 Å². The Morgan fingerprint density at radius 2 is 2.00 bits per heavy atom. The maximum atomic E-state index is 4.50. The summed E-state index contributed by atoms with van der Waals surface area (Å²) in [4.78, 5) is 6.91. The molecule has 0 amide bonds. The minimum absolute atomic E-state index is 0.654. The molecule has 1 saturated carbocycles. The molecule has 0 unspecified atom stereocenters. The minimum atomic E-state index is 0.654. The van der Waals surface area contributed by atoms with E-state index >= 15 is 0 Å². The highest BCUT2D eigenvalue weighted by molar-refractivity contribution is 5.74. The van der Waals surface area contributed by atoms with Crippen LogP contribution in [0, 0.1) is 5.92 Å². The minimum Gasteiger partial charge on any atom is -0.374 e. The van der Waals surface area contributed by atoms with Gasteiger partial charge in [-0.2, -0.15) is 0 Å². The molecule has 1 N–H and O–H groups in total. The van der Waals surface area contributed by atoms with Crippen LogP contribution >= 0.6 is 0 Å². The van der Waals surface area contributed by atoms with E-state index < -0.39 is 0 Å². The van der Waals surface area contributed by atoms with Gasteiger partial charge in [0.25, 0.3) is 0 Å². The highest BCUT2D eigenvalue weighted by Crippen LogP contribution is 2.44. The summed E-state index contributed by atoms with van der Waals surface area (Å²) in [6.07, 6.45) is 11.6. The molecule has 136 valence electrons. The zero-order valence-corrected chi connectivity index (χ0v) is 16.2. The predicted molar refractivity (Wildman–Crippen MR) is 112 cm³/mol. The second-order valence-electron chi connectivity index (χ2n) is 7.09. The second kappa shape index (κ2) is 7.77. The molecule has 1 aromatic heterocycles. The third-order valence-electron chi connectivity index (χ3n) is 5.34. The smallest absolute Gasteiger partial charge is 0.125 e. The van der Waals surface area contributed by atoms with Gasteiger partial charge < -0.3 is 10.2 Å². The lowest BCUT2D eigenvalue weighted by atomic mass is 9.89. The summed E-state index contributed by atoms with van der Waals surface area (Å²) in [5.74, 6) is 1.56. The fourth-order valence-electron chi connectivity index (χ4n) is 3.68.